The van der Waals surface area contributed by atoms with E-state index in [1.807, 2.05) is 55.6 Å². The summed E-state index contributed by atoms with van der Waals surface area (Å²) < 4.78 is 1.89. The molecule has 1 amide bonds. The number of anilines is 1. The Balaban J connectivity index is 1.47. The summed E-state index contributed by atoms with van der Waals surface area (Å²) in [5.41, 5.74) is 8.72. The van der Waals surface area contributed by atoms with Gasteiger partial charge < -0.3 is 5.32 Å². The molecule has 29 heavy (non-hydrogen) atoms. The van der Waals surface area contributed by atoms with Gasteiger partial charge in [-0.3, -0.25) is 24.6 Å². The summed E-state index contributed by atoms with van der Waals surface area (Å²) in [5, 5.41) is 5.13. The van der Waals surface area contributed by atoms with Crippen LogP contribution in [0.2, 0.25) is 0 Å². The Bertz CT molecular complexity index is 1070. The van der Waals surface area contributed by atoms with E-state index in [2.05, 4.69) is 37.9 Å². The molecule has 2 aromatic heterocycles. The zero-order chi connectivity index (χ0) is 20.4. The molecule has 0 saturated heterocycles. The van der Waals surface area contributed by atoms with E-state index in [-0.39, 0.29) is 5.91 Å². The number of hydrogen-bond acceptors (Lipinski definition) is 5. The number of hydrogen-bond donors (Lipinski definition) is 2. The van der Waals surface area contributed by atoms with Gasteiger partial charge in [0.25, 0.3) is 5.91 Å². The highest BCUT2D eigenvalue weighted by atomic mass is 16.1. The lowest BCUT2D eigenvalue weighted by Crippen LogP contribution is -2.46. The summed E-state index contributed by atoms with van der Waals surface area (Å²) in [6.45, 7) is 8.08. The molecule has 0 fully saturated rings. The van der Waals surface area contributed by atoms with Crippen molar-refractivity contribution >= 4 is 23.1 Å². The molecule has 0 atom stereocenters. The molecule has 1 aliphatic heterocycles. The van der Waals surface area contributed by atoms with Gasteiger partial charge in [-0.05, 0) is 49.6 Å². The van der Waals surface area contributed by atoms with E-state index in [1.165, 1.54) is 0 Å². The Morgan fingerprint density at radius 1 is 1.17 bits per heavy atom. The highest BCUT2D eigenvalue weighted by Gasteiger charge is 2.18. The Kier molecular flexibility index (Phi) is 5.20. The quantitative estimate of drug-likeness (QED) is 0.703. The summed E-state index contributed by atoms with van der Waals surface area (Å²) in [6, 6.07) is 12.2. The zero-order valence-corrected chi connectivity index (χ0v) is 17.1. The third-order valence-electron chi connectivity index (χ3n) is 5.06. The summed E-state index contributed by atoms with van der Waals surface area (Å²) in [4.78, 5) is 21.9. The molecule has 7 nitrogen and oxygen atoms in total. The van der Waals surface area contributed by atoms with E-state index >= 15 is 0 Å². The predicted molar refractivity (Wildman–Crippen MR) is 115 cm³/mol. The van der Waals surface area contributed by atoms with Crippen LogP contribution in [0.1, 0.15) is 41.2 Å². The number of pyridine rings is 1. The van der Waals surface area contributed by atoms with Gasteiger partial charge in [0, 0.05) is 12.7 Å². The Morgan fingerprint density at radius 2 is 1.97 bits per heavy atom. The van der Waals surface area contributed by atoms with Gasteiger partial charge in [0.05, 0.1) is 24.5 Å². The maximum absolute atomic E-state index is 12.9. The SMILES string of the molecule is CCc1nc2ccc(C)cn2c1C(=O)NCc1ccc(N2CCN=C(C)N2)cc1. The van der Waals surface area contributed by atoms with Crippen molar-refractivity contribution in [2.45, 2.75) is 33.7 Å². The first kappa shape index (κ1) is 19.0. The fourth-order valence-electron chi connectivity index (χ4n) is 3.54. The molecule has 1 aromatic carbocycles. The fourth-order valence-corrected chi connectivity index (χ4v) is 3.54. The average molecular weight is 390 g/mol. The third-order valence-corrected chi connectivity index (χ3v) is 5.06. The number of aromatic nitrogens is 2. The van der Waals surface area contributed by atoms with Crippen molar-refractivity contribution in [2.75, 3.05) is 18.1 Å². The minimum absolute atomic E-state index is 0.103. The molecule has 4 rings (SSSR count). The van der Waals surface area contributed by atoms with Crippen molar-refractivity contribution in [1.29, 1.82) is 0 Å². The lowest BCUT2D eigenvalue weighted by molar-refractivity contribution is 0.0944. The maximum atomic E-state index is 12.9. The summed E-state index contributed by atoms with van der Waals surface area (Å²) in [7, 11) is 0. The van der Waals surface area contributed by atoms with Gasteiger partial charge >= 0.3 is 0 Å². The number of hydrazine groups is 1. The van der Waals surface area contributed by atoms with E-state index < -0.39 is 0 Å². The Hall–Kier alpha value is -3.35. The first-order chi connectivity index (χ1) is 14.0. The number of fused-ring (bicyclic) bond motifs is 1. The van der Waals surface area contributed by atoms with Crippen LogP contribution in [0.4, 0.5) is 5.69 Å². The molecule has 0 radical (unpaired) electrons. The molecule has 0 spiro atoms. The van der Waals surface area contributed by atoms with Gasteiger partial charge in [-0.15, -0.1) is 0 Å². The number of benzene rings is 1. The van der Waals surface area contributed by atoms with Crippen molar-refractivity contribution in [3.05, 3.63) is 65.1 Å². The number of amidine groups is 1. The fraction of sp³-hybridized carbons (Fsp3) is 0.318. The van der Waals surface area contributed by atoms with Crippen LogP contribution >= 0.6 is 0 Å². The topological polar surface area (TPSA) is 74.0 Å². The van der Waals surface area contributed by atoms with Crippen molar-refractivity contribution in [3.63, 3.8) is 0 Å². The predicted octanol–water partition coefficient (Wildman–Crippen LogP) is 2.88. The van der Waals surface area contributed by atoms with Gasteiger partial charge in [0.1, 0.15) is 17.2 Å². The Morgan fingerprint density at radius 3 is 2.69 bits per heavy atom. The molecule has 2 N–H and O–H groups in total. The standard InChI is InChI=1S/C22H26N6O/c1-4-19-21(27-14-15(2)5-10-20(27)25-19)22(29)24-13-17-6-8-18(9-7-17)28-12-11-23-16(3)26-28/h5-10,14H,4,11-13H2,1-3H3,(H,23,26)(H,24,29). The molecule has 7 heteroatoms. The molecular formula is C22H26N6O. The third kappa shape index (κ3) is 3.94. The number of imidazole rings is 1. The monoisotopic (exact) mass is 390 g/mol. The van der Waals surface area contributed by atoms with Gasteiger partial charge in [-0.2, -0.15) is 0 Å². The van der Waals surface area contributed by atoms with Crippen LogP contribution in [0.15, 0.2) is 47.6 Å². The van der Waals surface area contributed by atoms with E-state index in [0.29, 0.717) is 18.7 Å². The van der Waals surface area contributed by atoms with Crippen LogP contribution in [0.3, 0.4) is 0 Å². The second-order valence-electron chi connectivity index (χ2n) is 7.28. The van der Waals surface area contributed by atoms with Crippen LogP contribution in [-0.4, -0.2) is 34.2 Å². The minimum atomic E-state index is -0.103. The van der Waals surface area contributed by atoms with Gasteiger partial charge in [0.2, 0.25) is 0 Å². The lowest BCUT2D eigenvalue weighted by atomic mass is 10.2. The minimum Gasteiger partial charge on any atom is -0.347 e. The Labute approximate surface area is 170 Å². The smallest absolute Gasteiger partial charge is 0.270 e. The van der Waals surface area contributed by atoms with E-state index in [9.17, 15) is 4.79 Å². The number of carbonyl (C=O) groups excluding carboxylic acids is 1. The molecule has 150 valence electrons. The van der Waals surface area contributed by atoms with E-state index in [1.54, 1.807) is 0 Å². The second-order valence-corrected chi connectivity index (χ2v) is 7.28. The lowest BCUT2D eigenvalue weighted by Gasteiger charge is -2.29. The number of aliphatic imine (C=N–C) groups is 1. The highest BCUT2D eigenvalue weighted by molar-refractivity contribution is 5.94. The molecule has 3 aromatic rings. The number of carbonyl (C=O) groups is 1. The van der Waals surface area contributed by atoms with E-state index in [0.717, 1.165) is 47.1 Å². The molecule has 0 saturated carbocycles. The maximum Gasteiger partial charge on any atom is 0.270 e. The number of aryl methyl sites for hydroxylation is 2. The normalized spacial score (nSPS) is 13.9. The molecule has 3 heterocycles. The van der Waals surface area contributed by atoms with Crippen molar-refractivity contribution < 1.29 is 4.79 Å². The number of nitrogens with one attached hydrogen (secondary N) is 2. The van der Waals surface area contributed by atoms with Crippen molar-refractivity contribution in [3.8, 4) is 0 Å². The second kappa shape index (κ2) is 7.95. The average Bonchev–Trinajstić information content (AvgIpc) is 3.10. The van der Waals surface area contributed by atoms with Crippen LogP contribution in [0, 0.1) is 6.92 Å². The highest BCUT2D eigenvalue weighted by Crippen LogP contribution is 2.17. The summed E-state index contributed by atoms with van der Waals surface area (Å²) in [6.07, 6.45) is 2.67. The van der Waals surface area contributed by atoms with Crippen LogP contribution in [0.5, 0.6) is 0 Å². The van der Waals surface area contributed by atoms with E-state index in [4.69, 9.17) is 0 Å². The molecule has 0 bridgehead atoms. The van der Waals surface area contributed by atoms with Crippen molar-refractivity contribution in [1.82, 2.24) is 20.1 Å². The molecule has 0 unspecified atom stereocenters. The molecule has 1 aliphatic rings. The summed E-state index contributed by atoms with van der Waals surface area (Å²) >= 11 is 0. The number of nitrogens with zero attached hydrogens (tertiary/aromatic N) is 4. The van der Waals surface area contributed by atoms with Crippen molar-refractivity contribution in [2.24, 2.45) is 4.99 Å². The van der Waals surface area contributed by atoms with Crippen LogP contribution < -0.4 is 15.8 Å². The van der Waals surface area contributed by atoms with Gasteiger partial charge in [0.15, 0.2) is 0 Å². The molecular weight excluding hydrogens is 364 g/mol. The van der Waals surface area contributed by atoms with Gasteiger partial charge in [-0.1, -0.05) is 25.1 Å². The number of rotatable bonds is 5. The largest absolute Gasteiger partial charge is 0.347 e. The van der Waals surface area contributed by atoms with Crippen LogP contribution in [-0.2, 0) is 13.0 Å². The first-order valence-corrected chi connectivity index (χ1v) is 9.95. The van der Waals surface area contributed by atoms with Gasteiger partial charge in [-0.25, -0.2) is 4.98 Å². The summed E-state index contributed by atoms with van der Waals surface area (Å²) in [5.74, 6) is 0.816. The number of amides is 1. The molecule has 0 aliphatic carbocycles. The van der Waals surface area contributed by atoms with Crippen LogP contribution in [0.25, 0.3) is 5.65 Å². The first-order valence-electron chi connectivity index (χ1n) is 9.95. The zero-order valence-electron chi connectivity index (χ0n) is 17.1.